The summed E-state index contributed by atoms with van der Waals surface area (Å²) in [5.74, 6) is 1.67. The van der Waals surface area contributed by atoms with Gasteiger partial charge in [-0.1, -0.05) is 12.1 Å². The minimum Gasteiger partial charge on any atom is -0.493 e. The molecule has 3 aromatic carbocycles. The van der Waals surface area contributed by atoms with Crippen LogP contribution in [0.5, 0.6) is 17.2 Å². The standard InChI is InChI=1S/C25H27N3O4/c1-30-22-12-16(13-23(31-2)24(22)32-3)15-28-11-10-17-14-18(8-9-21(17)28)25(29)27-20-7-5-4-6-19(20)26/h4-9,12-14H,10-11,15,26H2,1-3H3,(H,27,29). The molecule has 0 aliphatic carbocycles. The molecule has 0 saturated carbocycles. The molecule has 4 rings (SSSR count). The Balaban J connectivity index is 1.53. The molecule has 0 fully saturated rings. The van der Waals surface area contributed by atoms with Crippen LogP contribution >= 0.6 is 0 Å². The van der Waals surface area contributed by atoms with Crippen LogP contribution < -0.4 is 30.2 Å². The zero-order valence-electron chi connectivity index (χ0n) is 18.5. The number of methoxy groups -OCH3 is 3. The summed E-state index contributed by atoms with van der Waals surface area (Å²) in [5.41, 5.74) is 11.0. The maximum Gasteiger partial charge on any atom is 0.255 e. The number of benzene rings is 3. The molecule has 3 N–H and O–H groups in total. The number of nitrogens with zero attached hydrogens (tertiary/aromatic N) is 1. The molecule has 166 valence electrons. The number of ether oxygens (including phenoxy) is 3. The predicted molar refractivity (Wildman–Crippen MR) is 126 cm³/mol. The van der Waals surface area contributed by atoms with Crippen molar-refractivity contribution in [2.75, 3.05) is 43.8 Å². The minimum absolute atomic E-state index is 0.172. The molecular weight excluding hydrogens is 406 g/mol. The quantitative estimate of drug-likeness (QED) is 0.546. The zero-order valence-corrected chi connectivity index (χ0v) is 18.5. The van der Waals surface area contributed by atoms with Gasteiger partial charge in [0, 0.05) is 24.3 Å². The lowest BCUT2D eigenvalue weighted by Gasteiger charge is -2.21. The van der Waals surface area contributed by atoms with E-state index in [2.05, 4.69) is 10.2 Å². The second-order valence-electron chi connectivity index (χ2n) is 7.59. The molecule has 0 radical (unpaired) electrons. The largest absolute Gasteiger partial charge is 0.493 e. The van der Waals surface area contributed by atoms with E-state index >= 15 is 0 Å². The first-order valence-corrected chi connectivity index (χ1v) is 10.4. The molecule has 0 unspecified atom stereocenters. The van der Waals surface area contributed by atoms with Gasteiger partial charge >= 0.3 is 0 Å². The van der Waals surface area contributed by atoms with Gasteiger partial charge in [-0.15, -0.1) is 0 Å². The van der Waals surface area contributed by atoms with Crippen molar-refractivity contribution in [2.24, 2.45) is 0 Å². The summed E-state index contributed by atoms with van der Waals surface area (Å²) < 4.78 is 16.4. The van der Waals surface area contributed by atoms with Gasteiger partial charge < -0.3 is 30.2 Å². The third kappa shape index (κ3) is 4.14. The molecule has 3 aromatic rings. The van der Waals surface area contributed by atoms with E-state index in [0.717, 1.165) is 29.8 Å². The second-order valence-corrected chi connectivity index (χ2v) is 7.59. The van der Waals surface area contributed by atoms with Crippen LogP contribution in [0.2, 0.25) is 0 Å². The minimum atomic E-state index is -0.172. The van der Waals surface area contributed by atoms with Gasteiger partial charge in [0.15, 0.2) is 11.5 Å². The average molecular weight is 434 g/mol. The molecule has 1 aliphatic rings. The van der Waals surface area contributed by atoms with E-state index in [0.29, 0.717) is 40.7 Å². The van der Waals surface area contributed by atoms with Gasteiger partial charge in [0.1, 0.15) is 0 Å². The third-order valence-electron chi connectivity index (χ3n) is 5.64. The average Bonchev–Trinajstić information content (AvgIpc) is 3.21. The molecule has 0 spiro atoms. The highest BCUT2D eigenvalue weighted by molar-refractivity contribution is 6.06. The molecular formula is C25H27N3O4. The summed E-state index contributed by atoms with van der Waals surface area (Å²) in [7, 11) is 4.82. The van der Waals surface area contributed by atoms with Crippen molar-refractivity contribution in [3.63, 3.8) is 0 Å². The Hall–Kier alpha value is -3.87. The summed E-state index contributed by atoms with van der Waals surface area (Å²) in [6, 6.07) is 17.0. The van der Waals surface area contributed by atoms with Crippen LogP contribution in [-0.2, 0) is 13.0 Å². The van der Waals surface area contributed by atoms with Crippen molar-refractivity contribution in [1.29, 1.82) is 0 Å². The van der Waals surface area contributed by atoms with Crippen molar-refractivity contribution in [3.8, 4) is 17.2 Å². The first-order chi connectivity index (χ1) is 15.5. The number of nitrogen functional groups attached to an aromatic ring is 1. The fourth-order valence-corrected chi connectivity index (χ4v) is 4.03. The Morgan fingerprint density at radius 2 is 1.72 bits per heavy atom. The molecule has 0 atom stereocenters. The fraction of sp³-hybridized carbons (Fsp3) is 0.240. The Morgan fingerprint density at radius 1 is 1.00 bits per heavy atom. The highest BCUT2D eigenvalue weighted by Crippen LogP contribution is 2.39. The number of nitrogens with two attached hydrogens (primary N) is 1. The lowest BCUT2D eigenvalue weighted by Crippen LogP contribution is -2.20. The zero-order chi connectivity index (χ0) is 22.7. The number of hydrogen-bond acceptors (Lipinski definition) is 6. The molecule has 32 heavy (non-hydrogen) atoms. The van der Waals surface area contributed by atoms with Gasteiger partial charge in [-0.25, -0.2) is 0 Å². The molecule has 1 amide bonds. The lowest BCUT2D eigenvalue weighted by molar-refractivity contribution is 0.102. The summed E-state index contributed by atoms with van der Waals surface area (Å²) in [6.45, 7) is 1.55. The van der Waals surface area contributed by atoms with Crippen LogP contribution in [0.25, 0.3) is 0 Å². The number of para-hydroxylation sites is 2. The first-order valence-electron chi connectivity index (χ1n) is 10.4. The number of hydrogen-bond donors (Lipinski definition) is 2. The maximum atomic E-state index is 12.7. The molecule has 1 heterocycles. The number of anilines is 3. The summed E-state index contributed by atoms with van der Waals surface area (Å²) in [6.07, 6.45) is 0.869. The highest BCUT2D eigenvalue weighted by Gasteiger charge is 2.22. The van der Waals surface area contributed by atoms with Crippen molar-refractivity contribution in [3.05, 3.63) is 71.3 Å². The van der Waals surface area contributed by atoms with Gasteiger partial charge in [-0.2, -0.15) is 0 Å². The van der Waals surface area contributed by atoms with Crippen molar-refractivity contribution in [1.82, 2.24) is 0 Å². The summed E-state index contributed by atoms with van der Waals surface area (Å²) >= 11 is 0. The van der Waals surface area contributed by atoms with Gasteiger partial charge in [-0.05, 0) is 60.0 Å². The van der Waals surface area contributed by atoms with Crippen LogP contribution in [0.3, 0.4) is 0 Å². The van der Waals surface area contributed by atoms with Gasteiger partial charge in [0.2, 0.25) is 5.75 Å². The van der Waals surface area contributed by atoms with Gasteiger partial charge in [-0.3, -0.25) is 4.79 Å². The fourth-order valence-electron chi connectivity index (χ4n) is 4.03. The highest BCUT2D eigenvalue weighted by atomic mass is 16.5. The Labute approximate surface area is 187 Å². The SMILES string of the molecule is COc1cc(CN2CCc3cc(C(=O)Nc4ccccc4N)ccc32)cc(OC)c1OC. The number of fused-ring (bicyclic) bond motifs is 1. The van der Waals surface area contributed by atoms with E-state index in [1.165, 1.54) is 0 Å². The summed E-state index contributed by atoms with van der Waals surface area (Å²) in [4.78, 5) is 15.0. The van der Waals surface area contributed by atoms with Crippen LogP contribution in [0.15, 0.2) is 54.6 Å². The van der Waals surface area contributed by atoms with E-state index < -0.39 is 0 Å². The van der Waals surface area contributed by atoms with Gasteiger partial charge in [0.05, 0.1) is 32.7 Å². The van der Waals surface area contributed by atoms with E-state index in [9.17, 15) is 4.79 Å². The Morgan fingerprint density at radius 3 is 2.38 bits per heavy atom. The van der Waals surface area contributed by atoms with E-state index in [1.54, 1.807) is 33.5 Å². The maximum absolute atomic E-state index is 12.7. The number of amides is 1. The van der Waals surface area contributed by atoms with E-state index in [1.807, 2.05) is 42.5 Å². The lowest BCUT2D eigenvalue weighted by atomic mass is 10.1. The van der Waals surface area contributed by atoms with Crippen molar-refractivity contribution >= 4 is 23.0 Å². The van der Waals surface area contributed by atoms with Crippen molar-refractivity contribution < 1.29 is 19.0 Å². The number of carbonyl (C=O) groups excluding carboxylic acids is 1. The van der Waals surface area contributed by atoms with Crippen LogP contribution in [-0.4, -0.2) is 33.8 Å². The Bertz CT molecular complexity index is 1120. The molecule has 1 aliphatic heterocycles. The van der Waals surface area contributed by atoms with Crippen LogP contribution in [0.4, 0.5) is 17.1 Å². The second kappa shape index (κ2) is 9.09. The number of carbonyl (C=O) groups is 1. The molecule has 7 nitrogen and oxygen atoms in total. The summed E-state index contributed by atoms with van der Waals surface area (Å²) in [5, 5.41) is 2.89. The van der Waals surface area contributed by atoms with Gasteiger partial charge in [0.25, 0.3) is 5.91 Å². The number of nitrogens with one attached hydrogen (secondary N) is 1. The third-order valence-corrected chi connectivity index (χ3v) is 5.64. The topological polar surface area (TPSA) is 86.1 Å². The normalized spacial score (nSPS) is 12.3. The van der Waals surface area contributed by atoms with E-state index in [4.69, 9.17) is 19.9 Å². The monoisotopic (exact) mass is 433 g/mol. The molecule has 7 heteroatoms. The molecule has 0 saturated heterocycles. The first kappa shape index (κ1) is 21.4. The van der Waals surface area contributed by atoms with Crippen molar-refractivity contribution in [2.45, 2.75) is 13.0 Å². The Kier molecular flexibility index (Phi) is 6.07. The number of rotatable bonds is 7. The smallest absolute Gasteiger partial charge is 0.255 e. The molecule has 0 bridgehead atoms. The van der Waals surface area contributed by atoms with Crippen LogP contribution in [0, 0.1) is 0 Å². The van der Waals surface area contributed by atoms with Crippen LogP contribution in [0.1, 0.15) is 21.5 Å². The van der Waals surface area contributed by atoms with E-state index in [-0.39, 0.29) is 5.91 Å². The predicted octanol–water partition coefficient (Wildman–Crippen LogP) is 4.11. The molecule has 0 aromatic heterocycles.